The molecule has 2 aliphatic rings. The number of benzene rings is 3. The van der Waals surface area contributed by atoms with Gasteiger partial charge in [0.25, 0.3) is 0 Å². The fraction of sp³-hybridized carbons (Fsp3) is 0.296. The van der Waals surface area contributed by atoms with Gasteiger partial charge >= 0.3 is 5.97 Å². The first kappa shape index (κ1) is 21.5. The fourth-order valence-corrected chi connectivity index (χ4v) is 4.98. The molecule has 2 heterocycles. The molecule has 6 heteroatoms. The zero-order valence-electron chi connectivity index (χ0n) is 18.8. The molecule has 33 heavy (non-hydrogen) atoms. The Morgan fingerprint density at radius 2 is 1.48 bits per heavy atom. The lowest BCUT2D eigenvalue weighted by atomic mass is 9.78. The Kier molecular flexibility index (Phi) is 5.79. The fourth-order valence-electron chi connectivity index (χ4n) is 4.98. The zero-order chi connectivity index (χ0) is 22.8. The molecule has 0 amide bonds. The summed E-state index contributed by atoms with van der Waals surface area (Å²) < 4.78 is 5.36. The minimum Gasteiger partial charge on any atom is -0.464 e. The maximum absolute atomic E-state index is 12.8. The van der Waals surface area contributed by atoms with E-state index in [1.807, 2.05) is 95.9 Å². The van der Waals surface area contributed by atoms with Crippen molar-refractivity contribution in [2.75, 3.05) is 16.7 Å². The number of esters is 1. The molecule has 0 saturated carbocycles. The summed E-state index contributed by atoms with van der Waals surface area (Å²) in [6.07, 6.45) is -0.656. The molecular formula is C27H28N2O4. The first-order chi connectivity index (χ1) is 16.1. The lowest BCUT2D eigenvalue weighted by molar-refractivity contribution is -0.154. The average Bonchev–Trinajstić information content (AvgIpc) is 3.40. The van der Waals surface area contributed by atoms with Gasteiger partial charge in [0.1, 0.15) is 11.6 Å². The topological polar surface area (TPSA) is 51.2 Å². The summed E-state index contributed by atoms with van der Waals surface area (Å²) in [7, 11) is 0. The second-order valence-electron chi connectivity index (χ2n) is 8.40. The van der Waals surface area contributed by atoms with Gasteiger partial charge in [0.2, 0.25) is 0 Å². The van der Waals surface area contributed by atoms with E-state index in [-0.39, 0.29) is 18.1 Å². The molecule has 0 aromatic heterocycles. The van der Waals surface area contributed by atoms with Crippen LogP contribution in [0.15, 0.2) is 91.0 Å². The van der Waals surface area contributed by atoms with Crippen LogP contribution in [0.4, 0.5) is 11.4 Å². The highest BCUT2D eigenvalue weighted by molar-refractivity contribution is 5.76. The smallest absolute Gasteiger partial charge is 0.338 e. The first-order valence-corrected chi connectivity index (χ1v) is 11.4. The molecule has 0 aliphatic carbocycles. The second-order valence-corrected chi connectivity index (χ2v) is 8.40. The van der Waals surface area contributed by atoms with Crippen LogP contribution in [0, 0.1) is 0 Å². The Balaban J connectivity index is 1.65. The van der Waals surface area contributed by atoms with Crippen LogP contribution in [0.2, 0.25) is 0 Å². The lowest BCUT2D eigenvalue weighted by Crippen LogP contribution is -2.54. The van der Waals surface area contributed by atoms with Crippen LogP contribution in [0.25, 0.3) is 0 Å². The summed E-state index contributed by atoms with van der Waals surface area (Å²) in [4.78, 5) is 25.9. The Morgan fingerprint density at radius 1 is 0.909 bits per heavy atom. The molecule has 6 nitrogen and oxygen atoms in total. The number of para-hydroxylation sites is 2. The predicted molar refractivity (Wildman–Crippen MR) is 126 cm³/mol. The van der Waals surface area contributed by atoms with Gasteiger partial charge in [-0.3, -0.25) is 9.68 Å². The van der Waals surface area contributed by atoms with Crippen molar-refractivity contribution in [2.45, 2.75) is 44.1 Å². The third-order valence-electron chi connectivity index (χ3n) is 6.52. The summed E-state index contributed by atoms with van der Waals surface area (Å²) in [6.45, 7) is 4.24. The molecule has 1 unspecified atom stereocenters. The Labute approximate surface area is 194 Å². The third kappa shape index (κ3) is 3.65. The molecular weight excluding hydrogens is 416 g/mol. The van der Waals surface area contributed by atoms with Crippen molar-refractivity contribution >= 4 is 17.3 Å². The third-order valence-corrected chi connectivity index (χ3v) is 6.52. The molecule has 5 rings (SSSR count). The highest BCUT2D eigenvalue weighted by Crippen LogP contribution is 2.54. The number of hydrogen-bond donors (Lipinski definition) is 0. The van der Waals surface area contributed by atoms with Crippen molar-refractivity contribution < 1.29 is 19.2 Å². The van der Waals surface area contributed by atoms with E-state index in [0.29, 0.717) is 13.0 Å². The number of hydroxylamine groups is 2. The monoisotopic (exact) mass is 444 g/mol. The van der Waals surface area contributed by atoms with E-state index in [0.717, 1.165) is 16.9 Å². The van der Waals surface area contributed by atoms with Crippen LogP contribution in [0.5, 0.6) is 0 Å². The predicted octanol–water partition coefficient (Wildman–Crippen LogP) is 5.08. The standard InChI is InChI=1S/C27H28N2O4/c1-3-31-26(30)24-19-27(29(32-24)23-17-11-6-12-18-23)20(2)28(22-15-9-5-10-16-22)33-25(27)21-13-7-4-8-14-21/h4-18,20,24-25H,3,19H2,1-2H3/t20-,24?,25-,27-/m0/s1. The molecule has 3 aromatic carbocycles. The lowest BCUT2D eigenvalue weighted by Gasteiger charge is -2.40. The quantitative estimate of drug-likeness (QED) is 0.512. The molecule has 2 aliphatic heterocycles. The van der Waals surface area contributed by atoms with Crippen LogP contribution >= 0.6 is 0 Å². The van der Waals surface area contributed by atoms with Crippen LogP contribution in [-0.2, 0) is 19.2 Å². The van der Waals surface area contributed by atoms with Crippen LogP contribution in [0.3, 0.4) is 0 Å². The number of anilines is 2. The van der Waals surface area contributed by atoms with Gasteiger partial charge in [-0.25, -0.2) is 14.9 Å². The van der Waals surface area contributed by atoms with Crippen LogP contribution in [0.1, 0.15) is 31.9 Å². The number of carbonyl (C=O) groups excluding carboxylic acids is 1. The van der Waals surface area contributed by atoms with Crippen LogP contribution < -0.4 is 10.1 Å². The Hall–Kier alpha value is -3.35. The van der Waals surface area contributed by atoms with Crippen molar-refractivity contribution in [1.29, 1.82) is 0 Å². The number of rotatable bonds is 5. The highest BCUT2D eigenvalue weighted by Gasteiger charge is 2.65. The van der Waals surface area contributed by atoms with Gasteiger partial charge in [-0.15, -0.1) is 0 Å². The second kappa shape index (κ2) is 8.89. The minimum absolute atomic E-state index is 0.135. The maximum Gasteiger partial charge on any atom is 0.338 e. The molecule has 2 fully saturated rings. The number of hydrogen-bond acceptors (Lipinski definition) is 6. The maximum atomic E-state index is 12.8. The van der Waals surface area contributed by atoms with E-state index in [9.17, 15) is 4.79 Å². The molecule has 3 aromatic rings. The SMILES string of the molecule is CCOC(=O)C1C[C@@]2([C@H](C)N(c3ccccc3)O[C@H]2c2ccccc2)N(c2ccccc2)O1. The van der Waals surface area contributed by atoms with Gasteiger partial charge in [0.05, 0.1) is 24.0 Å². The molecule has 0 N–H and O–H groups in total. The molecule has 170 valence electrons. The van der Waals surface area contributed by atoms with Crippen LogP contribution in [-0.4, -0.2) is 30.3 Å². The summed E-state index contributed by atoms with van der Waals surface area (Å²) in [6, 6.07) is 29.9. The summed E-state index contributed by atoms with van der Waals surface area (Å²) in [5.41, 5.74) is 2.18. The van der Waals surface area contributed by atoms with E-state index in [1.54, 1.807) is 0 Å². The van der Waals surface area contributed by atoms with Crippen molar-refractivity contribution in [3.8, 4) is 0 Å². The summed E-state index contributed by atoms with van der Waals surface area (Å²) in [5.74, 6) is -0.354. The summed E-state index contributed by atoms with van der Waals surface area (Å²) in [5, 5.41) is 3.84. The normalized spacial score (nSPS) is 26.7. The molecule has 0 bridgehead atoms. The molecule has 1 spiro atoms. The number of ether oxygens (including phenoxy) is 1. The Bertz CT molecular complexity index is 1080. The molecule has 0 radical (unpaired) electrons. The molecule has 4 atom stereocenters. The van der Waals surface area contributed by atoms with Gasteiger partial charge in [-0.05, 0) is 43.7 Å². The van der Waals surface area contributed by atoms with Crippen molar-refractivity contribution in [3.63, 3.8) is 0 Å². The average molecular weight is 445 g/mol. The molecule has 2 saturated heterocycles. The summed E-state index contributed by atoms with van der Waals surface area (Å²) >= 11 is 0. The van der Waals surface area contributed by atoms with E-state index >= 15 is 0 Å². The minimum atomic E-state index is -0.724. The number of nitrogens with zero attached hydrogens (tertiary/aromatic N) is 2. The van der Waals surface area contributed by atoms with Gasteiger partial charge in [0, 0.05) is 6.42 Å². The van der Waals surface area contributed by atoms with Gasteiger partial charge < -0.3 is 4.74 Å². The highest BCUT2D eigenvalue weighted by atomic mass is 16.7. The van der Waals surface area contributed by atoms with E-state index in [4.69, 9.17) is 14.4 Å². The van der Waals surface area contributed by atoms with E-state index < -0.39 is 11.6 Å². The number of carbonyl (C=O) groups is 1. The van der Waals surface area contributed by atoms with Crippen molar-refractivity contribution in [1.82, 2.24) is 0 Å². The van der Waals surface area contributed by atoms with Gasteiger partial charge in [-0.2, -0.15) is 0 Å². The Morgan fingerprint density at radius 3 is 2.09 bits per heavy atom. The van der Waals surface area contributed by atoms with E-state index in [1.165, 1.54) is 0 Å². The largest absolute Gasteiger partial charge is 0.464 e. The zero-order valence-corrected chi connectivity index (χ0v) is 18.8. The van der Waals surface area contributed by atoms with E-state index in [2.05, 4.69) is 19.1 Å². The van der Waals surface area contributed by atoms with Gasteiger partial charge in [-0.1, -0.05) is 66.7 Å². The van der Waals surface area contributed by atoms with Gasteiger partial charge in [0.15, 0.2) is 6.10 Å². The first-order valence-electron chi connectivity index (χ1n) is 11.4. The van der Waals surface area contributed by atoms with Crippen molar-refractivity contribution in [2.24, 2.45) is 0 Å². The van der Waals surface area contributed by atoms with Crippen molar-refractivity contribution in [3.05, 3.63) is 96.6 Å².